The van der Waals surface area contributed by atoms with Gasteiger partial charge in [0.2, 0.25) is 11.8 Å². The van der Waals surface area contributed by atoms with Gasteiger partial charge in [0.25, 0.3) is 0 Å². The summed E-state index contributed by atoms with van der Waals surface area (Å²) in [6, 6.07) is 0. The van der Waals surface area contributed by atoms with Crippen LogP contribution in [-0.2, 0) is 9.59 Å². The van der Waals surface area contributed by atoms with Gasteiger partial charge in [0.05, 0.1) is 5.41 Å². The van der Waals surface area contributed by atoms with E-state index in [1.54, 1.807) is 14.1 Å². The molecule has 0 aromatic rings. The van der Waals surface area contributed by atoms with E-state index in [2.05, 4.69) is 27.9 Å². The zero-order valence-corrected chi connectivity index (χ0v) is 18.2. The zero-order chi connectivity index (χ0) is 17.9. The van der Waals surface area contributed by atoms with Crippen LogP contribution in [0, 0.1) is 5.41 Å². The average molecular weight is 455 g/mol. The highest BCUT2D eigenvalue weighted by atomic mass is 127. The Hall–Kier alpha value is -1.06. The number of nitrogens with zero attached hydrogens (tertiary/aromatic N) is 2. The van der Waals surface area contributed by atoms with Crippen LogP contribution in [0.5, 0.6) is 0 Å². The highest BCUT2D eigenvalue weighted by molar-refractivity contribution is 14.0. The van der Waals surface area contributed by atoms with Crippen LogP contribution in [0.25, 0.3) is 0 Å². The van der Waals surface area contributed by atoms with Crippen molar-refractivity contribution >= 4 is 41.8 Å². The van der Waals surface area contributed by atoms with Crippen molar-refractivity contribution in [1.29, 1.82) is 0 Å². The number of nitrogens with one attached hydrogen (secondary N) is 3. The van der Waals surface area contributed by atoms with Gasteiger partial charge in [-0.3, -0.25) is 9.59 Å². The fourth-order valence-corrected chi connectivity index (χ4v) is 1.63. The van der Waals surface area contributed by atoms with Crippen LogP contribution < -0.4 is 16.0 Å². The lowest BCUT2D eigenvalue weighted by Gasteiger charge is -2.25. The molecule has 0 saturated heterocycles. The predicted molar refractivity (Wildman–Crippen MR) is 110 cm³/mol. The minimum absolute atomic E-state index is 0. The van der Waals surface area contributed by atoms with E-state index in [0.29, 0.717) is 19.0 Å². The summed E-state index contributed by atoms with van der Waals surface area (Å²) in [5, 5.41) is 9.18. The van der Waals surface area contributed by atoms with Gasteiger partial charge in [0.1, 0.15) is 6.54 Å². The molecule has 0 aliphatic carbocycles. The van der Waals surface area contributed by atoms with E-state index < -0.39 is 5.41 Å². The SMILES string of the molecule is CCCCNC(=NCC(=O)N(C)C)NCC(C)(C)C(=O)NCC.I. The summed E-state index contributed by atoms with van der Waals surface area (Å²) in [7, 11) is 3.40. The van der Waals surface area contributed by atoms with Gasteiger partial charge in [0, 0.05) is 33.7 Å². The number of unbranched alkanes of at least 4 members (excludes halogenated alkanes) is 1. The number of carbonyl (C=O) groups excluding carboxylic acids is 2. The number of rotatable bonds is 9. The lowest BCUT2D eigenvalue weighted by molar-refractivity contribution is -0.129. The monoisotopic (exact) mass is 455 g/mol. The summed E-state index contributed by atoms with van der Waals surface area (Å²) in [6.07, 6.45) is 2.09. The zero-order valence-electron chi connectivity index (χ0n) is 15.9. The Morgan fingerprint density at radius 2 is 1.71 bits per heavy atom. The van der Waals surface area contributed by atoms with E-state index >= 15 is 0 Å². The van der Waals surface area contributed by atoms with Gasteiger partial charge in [0.15, 0.2) is 5.96 Å². The molecule has 0 rings (SSSR count). The van der Waals surface area contributed by atoms with Crippen molar-refractivity contribution in [2.75, 3.05) is 40.3 Å². The molecule has 0 aliphatic heterocycles. The molecule has 0 aromatic heterocycles. The maximum absolute atomic E-state index is 12.0. The first kappa shape index (κ1) is 25.2. The Balaban J connectivity index is 0. The highest BCUT2D eigenvalue weighted by Crippen LogP contribution is 2.13. The molecular formula is C16H34IN5O2. The fraction of sp³-hybridized carbons (Fsp3) is 0.812. The molecule has 0 atom stereocenters. The molecule has 0 fully saturated rings. The lowest BCUT2D eigenvalue weighted by Crippen LogP contribution is -2.48. The molecular weight excluding hydrogens is 421 g/mol. The summed E-state index contributed by atoms with van der Waals surface area (Å²) in [4.78, 5) is 29.5. The average Bonchev–Trinajstić information content (AvgIpc) is 2.49. The number of aliphatic imine (C=N–C) groups is 1. The largest absolute Gasteiger partial charge is 0.356 e. The van der Waals surface area contributed by atoms with Crippen molar-refractivity contribution in [3.63, 3.8) is 0 Å². The topological polar surface area (TPSA) is 85.8 Å². The standard InChI is InChI=1S/C16H33N5O2.HI/c1-7-9-10-18-15(19-11-13(22)21(5)6)20-12-16(3,4)14(23)17-8-2;/h7-12H2,1-6H3,(H,17,23)(H2,18,19,20);1H. The number of guanidine groups is 1. The van der Waals surface area contributed by atoms with Gasteiger partial charge in [-0.25, -0.2) is 4.99 Å². The molecule has 2 amide bonds. The van der Waals surface area contributed by atoms with Crippen molar-refractivity contribution in [1.82, 2.24) is 20.9 Å². The van der Waals surface area contributed by atoms with Crippen molar-refractivity contribution in [3.05, 3.63) is 0 Å². The molecule has 0 unspecified atom stereocenters. The Kier molecular flexibility index (Phi) is 13.9. The number of hydrogen-bond acceptors (Lipinski definition) is 3. The molecule has 142 valence electrons. The second-order valence-electron chi connectivity index (χ2n) is 6.33. The number of likely N-dealkylation sites (N-methyl/N-ethyl adjacent to an activating group) is 1. The van der Waals surface area contributed by atoms with Gasteiger partial charge in [-0.1, -0.05) is 13.3 Å². The fourth-order valence-electron chi connectivity index (χ4n) is 1.63. The van der Waals surface area contributed by atoms with Gasteiger partial charge >= 0.3 is 0 Å². The smallest absolute Gasteiger partial charge is 0.243 e. The minimum atomic E-state index is -0.561. The highest BCUT2D eigenvalue weighted by Gasteiger charge is 2.27. The van der Waals surface area contributed by atoms with Crippen LogP contribution in [0.3, 0.4) is 0 Å². The van der Waals surface area contributed by atoms with Crippen molar-refractivity contribution in [2.24, 2.45) is 10.4 Å². The molecule has 0 heterocycles. The van der Waals surface area contributed by atoms with Crippen molar-refractivity contribution < 1.29 is 9.59 Å². The van der Waals surface area contributed by atoms with Crippen molar-refractivity contribution in [2.45, 2.75) is 40.5 Å². The molecule has 8 heteroatoms. The van der Waals surface area contributed by atoms with Gasteiger partial charge in [-0.05, 0) is 27.2 Å². The number of carbonyl (C=O) groups is 2. The van der Waals surface area contributed by atoms with E-state index in [4.69, 9.17) is 0 Å². The van der Waals surface area contributed by atoms with Crippen LogP contribution in [0.15, 0.2) is 4.99 Å². The predicted octanol–water partition coefficient (Wildman–Crippen LogP) is 1.19. The maximum atomic E-state index is 12.0. The Morgan fingerprint density at radius 1 is 1.08 bits per heavy atom. The number of amides is 2. The first-order valence-electron chi connectivity index (χ1n) is 8.25. The molecule has 0 radical (unpaired) electrons. The van der Waals surface area contributed by atoms with Crippen LogP contribution in [-0.4, -0.2) is 62.9 Å². The van der Waals surface area contributed by atoms with Crippen LogP contribution in [0.1, 0.15) is 40.5 Å². The molecule has 3 N–H and O–H groups in total. The second-order valence-corrected chi connectivity index (χ2v) is 6.33. The summed E-state index contributed by atoms with van der Waals surface area (Å²) in [5.41, 5.74) is -0.561. The third kappa shape index (κ3) is 10.7. The normalized spacial score (nSPS) is 11.3. The summed E-state index contributed by atoms with van der Waals surface area (Å²) < 4.78 is 0. The Bertz CT molecular complexity index is 411. The summed E-state index contributed by atoms with van der Waals surface area (Å²) in [5.74, 6) is 0.486. The molecule has 0 saturated carbocycles. The quantitative estimate of drug-likeness (QED) is 0.211. The Labute approximate surface area is 163 Å². The van der Waals surface area contributed by atoms with Gasteiger partial charge in [-0.2, -0.15) is 0 Å². The van der Waals surface area contributed by atoms with Crippen molar-refractivity contribution in [3.8, 4) is 0 Å². The summed E-state index contributed by atoms with van der Waals surface area (Å²) in [6.45, 7) is 9.66. The molecule has 0 spiro atoms. The third-order valence-electron chi connectivity index (χ3n) is 3.34. The Morgan fingerprint density at radius 3 is 2.21 bits per heavy atom. The first-order valence-corrected chi connectivity index (χ1v) is 8.25. The third-order valence-corrected chi connectivity index (χ3v) is 3.34. The van der Waals surface area contributed by atoms with Crippen LogP contribution in [0.4, 0.5) is 0 Å². The van der Waals surface area contributed by atoms with E-state index in [1.807, 2.05) is 20.8 Å². The van der Waals surface area contributed by atoms with E-state index in [-0.39, 0.29) is 42.3 Å². The maximum Gasteiger partial charge on any atom is 0.243 e. The second kappa shape index (κ2) is 13.3. The van der Waals surface area contributed by atoms with E-state index in [0.717, 1.165) is 19.4 Å². The molecule has 7 nitrogen and oxygen atoms in total. The van der Waals surface area contributed by atoms with Crippen LogP contribution >= 0.6 is 24.0 Å². The molecule has 0 aliphatic rings. The molecule has 0 aromatic carbocycles. The molecule has 0 bridgehead atoms. The van der Waals surface area contributed by atoms with Crippen LogP contribution in [0.2, 0.25) is 0 Å². The number of halogens is 1. The van der Waals surface area contributed by atoms with E-state index in [9.17, 15) is 9.59 Å². The van der Waals surface area contributed by atoms with Gasteiger partial charge < -0.3 is 20.9 Å². The summed E-state index contributed by atoms with van der Waals surface area (Å²) >= 11 is 0. The first-order chi connectivity index (χ1) is 10.7. The van der Waals surface area contributed by atoms with Gasteiger partial charge in [-0.15, -0.1) is 24.0 Å². The van der Waals surface area contributed by atoms with E-state index in [1.165, 1.54) is 4.90 Å². The lowest BCUT2D eigenvalue weighted by atomic mass is 9.92. The number of hydrogen-bond donors (Lipinski definition) is 3. The molecule has 24 heavy (non-hydrogen) atoms. The minimum Gasteiger partial charge on any atom is -0.356 e.